The number of rotatable bonds is 4. The molecule has 1 aliphatic carbocycles. The molecule has 0 spiro atoms. The Morgan fingerprint density at radius 1 is 1.29 bits per heavy atom. The third-order valence-electron chi connectivity index (χ3n) is 3.61. The van der Waals surface area contributed by atoms with Gasteiger partial charge < -0.3 is 9.26 Å². The van der Waals surface area contributed by atoms with Crippen LogP contribution in [0.25, 0.3) is 11.3 Å². The van der Waals surface area contributed by atoms with E-state index in [1.165, 1.54) is 0 Å². The van der Waals surface area contributed by atoms with Crippen LogP contribution >= 0.6 is 0 Å². The Morgan fingerprint density at radius 3 is 2.90 bits per heavy atom. The van der Waals surface area contributed by atoms with Gasteiger partial charge in [-0.15, -0.1) is 0 Å². The van der Waals surface area contributed by atoms with Gasteiger partial charge in [0.1, 0.15) is 0 Å². The summed E-state index contributed by atoms with van der Waals surface area (Å²) in [4.78, 5) is 12.0. The molecule has 0 bridgehead atoms. The van der Waals surface area contributed by atoms with E-state index >= 15 is 0 Å². The topological polar surface area (TPSA) is 52.3 Å². The lowest BCUT2D eigenvalue weighted by molar-refractivity contribution is 0.0420. The fourth-order valence-corrected chi connectivity index (χ4v) is 2.39. The highest BCUT2D eigenvalue weighted by atomic mass is 16.5. The molecule has 0 saturated heterocycles. The summed E-state index contributed by atoms with van der Waals surface area (Å²) in [5.74, 6) is 0.568. The first-order valence-corrected chi connectivity index (χ1v) is 7.17. The molecule has 1 aromatic heterocycles. The Labute approximate surface area is 123 Å². The number of carbonyl (C=O) groups is 1. The molecule has 0 saturated carbocycles. The van der Waals surface area contributed by atoms with Gasteiger partial charge in [0.25, 0.3) is 0 Å². The van der Waals surface area contributed by atoms with Crippen LogP contribution in [0.4, 0.5) is 0 Å². The molecule has 0 aliphatic heterocycles. The second-order valence-electron chi connectivity index (χ2n) is 5.19. The molecule has 1 aliphatic rings. The molecule has 21 heavy (non-hydrogen) atoms. The number of ether oxygens (including phenoxy) is 1. The highest BCUT2D eigenvalue weighted by molar-refractivity contribution is 5.88. The molecule has 4 nitrogen and oxygen atoms in total. The van der Waals surface area contributed by atoms with Gasteiger partial charge in [-0.3, -0.25) is 0 Å². The lowest BCUT2D eigenvalue weighted by Crippen LogP contribution is -2.15. The summed E-state index contributed by atoms with van der Waals surface area (Å²) >= 11 is 0. The van der Waals surface area contributed by atoms with Crippen molar-refractivity contribution < 1.29 is 14.1 Å². The fourth-order valence-electron chi connectivity index (χ4n) is 2.39. The first kappa shape index (κ1) is 13.6. The molecular weight excluding hydrogens is 266 g/mol. The first-order valence-electron chi connectivity index (χ1n) is 7.17. The van der Waals surface area contributed by atoms with Crippen LogP contribution in [0.15, 0.2) is 53.1 Å². The van der Waals surface area contributed by atoms with E-state index in [0.29, 0.717) is 18.3 Å². The molecule has 1 atom stereocenters. The monoisotopic (exact) mass is 283 g/mol. The number of allylic oxidation sites excluding steroid dienone is 2. The minimum atomic E-state index is -0.421. The zero-order chi connectivity index (χ0) is 14.5. The number of aromatic nitrogens is 1. The maximum absolute atomic E-state index is 12.0. The normalized spacial score (nSPS) is 17.6. The van der Waals surface area contributed by atoms with Crippen LogP contribution < -0.4 is 0 Å². The predicted molar refractivity (Wildman–Crippen MR) is 78.7 cm³/mol. The van der Waals surface area contributed by atoms with Crippen LogP contribution in [0.5, 0.6) is 0 Å². The second-order valence-corrected chi connectivity index (χ2v) is 5.19. The van der Waals surface area contributed by atoms with Crippen molar-refractivity contribution in [2.24, 2.45) is 5.92 Å². The van der Waals surface area contributed by atoms with Crippen molar-refractivity contribution in [2.75, 3.05) is 6.61 Å². The Balaban J connectivity index is 1.60. The highest BCUT2D eigenvalue weighted by Crippen LogP contribution is 2.21. The largest absolute Gasteiger partial charge is 0.461 e. The summed E-state index contributed by atoms with van der Waals surface area (Å²) in [6.45, 7) is 0.441. The molecule has 2 aromatic rings. The predicted octanol–water partition coefficient (Wildman–Crippen LogP) is 3.85. The molecule has 1 heterocycles. The summed E-state index contributed by atoms with van der Waals surface area (Å²) in [5, 5.41) is 3.79. The van der Waals surface area contributed by atoms with E-state index in [-0.39, 0.29) is 5.69 Å². The summed E-state index contributed by atoms with van der Waals surface area (Å²) in [5.41, 5.74) is 1.11. The van der Waals surface area contributed by atoms with E-state index in [1.54, 1.807) is 6.07 Å². The van der Waals surface area contributed by atoms with Gasteiger partial charge in [-0.2, -0.15) is 0 Å². The quantitative estimate of drug-likeness (QED) is 0.631. The van der Waals surface area contributed by atoms with Crippen molar-refractivity contribution in [3.05, 3.63) is 54.2 Å². The molecule has 4 heteroatoms. The number of nitrogens with zero attached hydrogens (tertiary/aromatic N) is 1. The lowest BCUT2D eigenvalue weighted by atomic mass is 9.95. The summed E-state index contributed by atoms with van der Waals surface area (Å²) in [6.07, 6.45) is 7.41. The van der Waals surface area contributed by atoms with E-state index in [2.05, 4.69) is 17.3 Å². The number of benzene rings is 1. The minimum Gasteiger partial charge on any atom is -0.461 e. The smallest absolute Gasteiger partial charge is 0.360 e. The van der Waals surface area contributed by atoms with E-state index in [4.69, 9.17) is 9.26 Å². The van der Waals surface area contributed by atoms with Crippen molar-refractivity contribution in [1.29, 1.82) is 0 Å². The van der Waals surface area contributed by atoms with Gasteiger partial charge in [0.15, 0.2) is 11.5 Å². The molecular formula is C17H17NO3. The van der Waals surface area contributed by atoms with Gasteiger partial charge in [0.05, 0.1) is 6.61 Å². The Hall–Kier alpha value is -2.36. The average Bonchev–Trinajstić information content (AvgIpc) is 3.04. The van der Waals surface area contributed by atoms with Gasteiger partial charge in [-0.25, -0.2) is 4.79 Å². The molecule has 1 unspecified atom stereocenters. The molecule has 3 rings (SSSR count). The third kappa shape index (κ3) is 3.40. The Morgan fingerprint density at radius 2 is 2.14 bits per heavy atom. The number of hydrogen-bond acceptors (Lipinski definition) is 4. The highest BCUT2D eigenvalue weighted by Gasteiger charge is 2.17. The van der Waals surface area contributed by atoms with Crippen LogP contribution in [-0.2, 0) is 4.74 Å². The molecule has 1 aromatic carbocycles. The maximum atomic E-state index is 12.0. The van der Waals surface area contributed by atoms with Gasteiger partial charge >= 0.3 is 5.97 Å². The van der Waals surface area contributed by atoms with Crippen molar-refractivity contribution >= 4 is 5.97 Å². The van der Waals surface area contributed by atoms with Crippen LogP contribution in [0.1, 0.15) is 29.8 Å². The van der Waals surface area contributed by atoms with Gasteiger partial charge in [0, 0.05) is 11.6 Å². The first-order chi connectivity index (χ1) is 10.3. The van der Waals surface area contributed by atoms with Gasteiger partial charge in [-0.1, -0.05) is 47.6 Å². The van der Waals surface area contributed by atoms with Crippen LogP contribution in [0.3, 0.4) is 0 Å². The van der Waals surface area contributed by atoms with Crippen molar-refractivity contribution in [1.82, 2.24) is 5.16 Å². The Bertz CT molecular complexity index is 630. The lowest BCUT2D eigenvalue weighted by Gasteiger charge is -2.16. The van der Waals surface area contributed by atoms with E-state index in [9.17, 15) is 4.79 Å². The molecule has 0 radical (unpaired) electrons. The SMILES string of the molecule is O=C(OCC1CC=CCC1)c1cc(-c2ccccc2)on1. The molecule has 0 amide bonds. The van der Waals surface area contributed by atoms with Crippen molar-refractivity contribution in [2.45, 2.75) is 19.3 Å². The number of esters is 1. The van der Waals surface area contributed by atoms with Crippen molar-refractivity contribution in [3.63, 3.8) is 0 Å². The summed E-state index contributed by atoms with van der Waals surface area (Å²) in [7, 11) is 0. The minimum absolute atomic E-state index is 0.222. The second kappa shape index (κ2) is 6.39. The number of carbonyl (C=O) groups excluding carboxylic acids is 1. The van der Waals surface area contributed by atoms with Crippen molar-refractivity contribution in [3.8, 4) is 11.3 Å². The standard InChI is InChI=1S/C17H17NO3/c19-17(20-12-13-7-3-1-4-8-13)15-11-16(21-18-15)14-9-5-2-6-10-14/h1-3,5-6,9-11,13H,4,7-8,12H2. The molecule has 108 valence electrons. The van der Waals surface area contributed by atoms with E-state index in [1.807, 2.05) is 30.3 Å². The third-order valence-corrected chi connectivity index (χ3v) is 3.61. The summed E-state index contributed by atoms with van der Waals surface area (Å²) < 4.78 is 10.5. The van der Waals surface area contributed by atoms with E-state index < -0.39 is 5.97 Å². The molecule has 0 N–H and O–H groups in total. The van der Waals surface area contributed by atoms with Gasteiger partial charge in [-0.05, 0) is 25.2 Å². The average molecular weight is 283 g/mol. The molecule has 0 fully saturated rings. The van der Waals surface area contributed by atoms with Crippen LogP contribution in [0.2, 0.25) is 0 Å². The number of hydrogen-bond donors (Lipinski definition) is 0. The van der Waals surface area contributed by atoms with Crippen LogP contribution in [0, 0.1) is 5.92 Å². The van der Waals surface area contributed by atoms with E-state index in [0.717, 1.165) is 24.8 Å². The zero-order valence-electron chi connectivity index (χ0n) is 11.7. The van der Waals surface area contributed by atoms with Gasteiger partial charge in [0.2, 0.25) is 0 Å². The summed E-state index contributed by atoms with van der Waals surface area (Å²) in [6, 6.07) is 11.2. The van der Waals surface area contributed by atoms with Crippen LogP contribution in [-0.4, -0.2) is 17.7 Å². The Kier molecular flexibility index (Phi) is 4.15. The zero-order valence-corrected chi connectivity index (χ0v) is 11.7. The fraction of sp³-hybridized carbons (Fsp3) is 0.294. The maximum Gasteiger partial charge on any atom is 0.360 e.